The Morgan fingerprint density at radius 2 is 1.92 bits per heavy atom. The van der Waals surface area contributed by atoms with Gasteiger partial charge in [0.25, 0.3) is 0 Å². The summed E-state index contributed by atoms with van der Waals surface area (Å²) < 4.78 is 0. The fourth-order valence-corrected chi connectivity index (χ4v) is 1.06. The van der Waals surface area contributed by atoms with Crippen molar-refractivity contribution < 1.29 is 15.0 Å². The second-order valence-corrected chi connectivity index (χ2v) is 2.59. The molecule has 4 heteroatoms. The number of hydrogen-bond acceptors (Lipinski definition) is 2. The van der Waals surface area contributed by atoms with E-state index in [-0.39, 0.29) is 13.2 Å². The zero-order valence-electron chi connectivity index (χ0n) is 7.03. The van der Waals surface area contributed by atoms with E-state index in [9.17, 15) is 4.79 Å². The highest BCUT2D eigenvalue weighted by atomic mass is 16.4. The van der Waals surface area contributed by atoms with Crippen LogP contribution in [0.5, 0.6) is 0 Å². The van der Waals surface area contributed by atoms with E-state index < -0.39 is 6.09 Å². The van der Waals surface area contributed by atoms with Crippen LogP contribution in [-0.4, -0.2) is 16.3 Å². The highest BCUT2D eigenvalue weighted by molar-refractivity contribution is 5.64. The van der Waals surface area contributed by atoms with Gasteiger partial charge < -0.3 is 15.5 Å². The summed E-state index contributed by atoms with van der Waals surface area (Å²) in [6, 6.07) is 7.15. The molecule has 0 unspecified atom stereocenters. The van der Waals surface area contributed by atoms with Crippen molar-refractivity contribution in [3.8, 4) is 0 Å². The first-order chi connectivity index (χ1) is 6.24. The highest BCUT2D eigenvalue weighted by Crippen LogP contribution is 2.07. The van der Waals surface area contributed by atoms with Crippen LogP contribution in [0.25, 0.3) is 0 Å². The van der Waals surface area contributed by atoms with Gasteiger partial charge in [-0.15, -0.1) is 0 Å². The molecule has 1 amide bonds. The summed E-state index contributed by atoms with van der Waals surface area (Å²) in [5.74, 6) is 0. The molecule has 1 aromatic carbocycles. The molecular weight excluding hydrogens is 170 g/mol. The van der Waals surface area contributed by atoms with Gasteiger partial charge in [0.15, 0.2) is 0 Å². The molecule has 0 saturated heterocycles. The van der Waals surface area contributed by atoms with Crippen molar-refractivity contribution in [2.45, 2.75) is 13.2 Å². The molecule has 0 atom stereocenters. The Morgan fingerprint density at radius 1 is 1.31 bits per heavy atom. The molecule has 1 aromatic rings. The Balaban J connectivity index is 2.69. The second-order valence-electron chi connectivity index (χ2n) is 2.59. The van der Waals surface area contributed by atoms with E-state index in [1.165, 1.54) is 0 Å². The van der Waals surface area contributed by atoms with E-state index in [2.05, 4.69) is 5.32 Å². The molecule has 4 nitrogen and oxygen atoms in total. The lowest BCUT2D eigenvalue weighted by Crippen LogP contribution is -2.20. The number of carbonyl (C=O) groups is 1. The number of hydrogen-bond donors (Lipinski definition) is 3. The number of aliphatic hydroxyl groups is 1. The number of carboxylic acid groups (broad SMARTS) is 1. The molecule has 0 aliphatic heterocycles. The molecule has 1 rings (SSSR count). The maximum absolute atomic E-state index is 10.2. The number of nitrogens with one attached hydrogen (secondary N) is 1. The van der Waals surface area contributed by atoms with Gasteiger partial charge in [0, 0.05) is 6.54 Å². The van der Waals surface area contributed by atoms with Gasteiger partial charge >= 0.3 is 6.09 Å². The van der Waals surface area contributed by atoms with Crippen LogP contribution in [0.15, 0.2) is 24.3 Å². The van der Waals surface area contributed by atoms with Crippen LogP contribution in [0, 0.1) is 0 Å². The molecule has 70 valence electrons. The summed E-state index contributed by atoms with van der Waals surface area (Å²) >= 11 is 0. The lowest BCUT2D eigenvalue weighted by molar-refractivity contribution is 0.193. The first-order valence-electron chi connectivity index (χ1n) is 3.88. The second kappa shape index (κ2) is 4.47. The fourth-order valence-electron chi connectivity index (χ4n) is 1.06. The summed E-state index contributed by atoms with van der Waals surface area (Å²) in [5.41, 5.74) is 1.55. The number of rotatable bonds is 3. The molecule has 0 aromatic heterocycles. The molecule has 0 spiro atoms. The van der Waals surface area contributed by atoms with Gasteiger partial charge in [0.1, 0.15) is 0 Å². The Bertz CT molecular complexity index is 299. The predicted molar refractivity (Wildman–Crippen MR) is 47.2 cm³/mol. The maximum Gasteiger partial charge on any atom is 0.404 e. The molecule has 0 aliphatic carbocycles. The summed E-state index contributed by atoms with van der Waals surface area (Å²) in [5, 5.41) is 19.5. The fraction of sp³-hybridized carbons (Fsp3) is 0.222. The SMILES string of the molecule is O=C(O)NCc1ccccc1CO. The van der Waals surface area contributed by atoms with Crippen LogP contribution >= 0.6 is 0 Å². The van der Waals surface area contributed by atoms with Gasteiger partial charge in [-0.2, -0.15) is 0 Å². The van der Waals surface area contributed by atoms with Crippen molar-refractivity contribution in [3.63, 3.8) is 0 Å². The van der Waals surface area contributed by atoms with Crippen molar-refractivity contribution in [1.29, 1.82) is 0 Å². The van der Waals surface area contributed by atoms with E-state index in [4.69, 9.17) is 10.2 Å². The Kier molecular flexibility index (Phi) is 3.28. The summed E-state index contributed by atoms with van der Waals surface area (Å²) in [7, 11) is 0. The summed E-state index contributed by atoms with van der Waals surface area (Å²) in [6.07, 6.45) is -1.06. The first kappa shape index (κ1) is 9.54. The number of amides is 1. The highest BCUT2D eigenvalue weighted by Gasteiger charge is 2.01. The zero-order valence-corrected chi connectivity index (χ0v) is 7.03. The lowest BCUT2D eigenvalue weighted by Gasteiger charge is -2.05. The summed E-state index contributed by atoms with van der Waals surface area (Å²) in [6.45, 7) is 0.156. The Morgan fingerprint density at radius 3 is 2.46 bits per heavy atom. The summed E-state index contributed by atoms with van der Waals surface area (Å²) in [4.78, 5) is 10.2. The topological polar surface area (TPSA) is 69.6 Å². The predicted octanol–water partition coefficient (Wildman–Crippen LogP) is 0.946. The quantitative estimate of drug-likeness (QED) is 0.650. The minimum Gasteiger partial charge on any atom is -0.465 e. The number of aliphatic hydroxyl groups excluding tert-OH is 1. The van der Waals surface area contributed by atoms with E-state index in [1.807, 2.05) is 0 Å². The largest absolute Gasteiger partial charge is 0.465 e. The van der Waals surface area contributed by atoms with Gasteiger partial charge in [-0.1, -0.05) is 24.3 Å². The molecular formula is C9H11NO3. The minimum absolute atomic E-state index is 0.0720. The van der Waals surface area contributed by atoms with Gasteiger partial charge in [-0.25, -0.2) is 4.79 Å². The molecule has 0 radical (unpaired) electrons. The Labute approximate surface area is 75.8 Å². The van der Waals surface area contributed by atoms with Crippen LogP contribution in [0.1, 0.15) is 11.1 Å². The van der Waals surface area contributed by atoms with E-state index in [0.29, 0.717) is 0 Å². The van der Waals surface area contributed by atoms with Crippen molar-refractivity contribution in [2.75, 3.05) is 0 Å². The number of benzene rings is 1. The van der Waals surface area contributed by atoms with Gasteiger partial charge in [0.05, 0.1) is 6.61 Å². The smallest absolute Gasteiger partial charge is 0.404 e. The molecule has 0 fully saturated rings. The van der Waals surface area contributed by atoms with Crippen LogP contribution in [-0.2, 0) is 13.2 Å². The molecule has 3 N–H and O–H groups in total. The van der Waals surface area contributed by atoms with Crippen molar-refractivity contribution in [1.82, 2.24) is 5.32 Å². The van der Waals surface area contributed by atoms with Gasteiger partial charge in [-0.05, 0) is 11.1 Å². The molecule has 0 heterocycles. The van der Waals surface area contributed by atoms with Crippen LogP contribution in [0.2, 0.25) is 0 Å². The van der Waals surface area contributed by atoms with Crippen LogP contribution in [0.4, 0.5) is 4.79 Å². The maximum atomic E-state index is 10.2. The monoisotopic (exact) mass is 181 g/mol. The minimum atomic E-state index is -1.06. The molecule has 0 saturated carbocycles. The van der Waals surface area contributed by atoms with E-state index in [0.717, 1.165) is 11.1 Å². The third kappa shape index (κ3) is 2.76. The zero-order chi connectivity index (χ0) is 9.68. The van der Waals surface area contributed by atoms with E-state index in [1.54, 1.807) is 24.3 Å². The van der Waals surface area contributed by atoms with Gasteiger partial charge in [-0.3, -0.25) is 0 Å². The molecule has 0 aliphatic rings. The normalized spacial score (nSPS) is 9.62. The molecule has 13 heavy (non-hydrogen) atoms. The van der Waals surface area contributed by atoms with Crippen LogP contribution in [0.3, 0.4) is 0 Å². The average Bonchev–Trinajstić information content (AvgIpc) is 2.15. The van der Waals surface area contributed by atoms with Gasteiger partial charge in [0.2, 0.25) is 0 Å². The first-order valence-corrected chi connectivity index (χ1v) is 3.88. The third-order valence-corrected chi connectivity index (χ3v) is 1.72. The molecule has 0 bridgehead atoms. The van der Waals surface area contributed by atoms with Crippen LogP contribution < -0.4 is 5.32 Å². The Hall–Kier alpha value is -1.55. The van der Waals surface area contributed by atoms with E-state index >= 15 is 0 Å². The van der Waals surface area contributed by atoms with Crippen molar-refractivity contribution >= 4 is 6.09 Å². The lowest BCUT2D eigenvalue weighted by atomic mass is 10.1. The standard InChI is InChI=1S/C9H11NO3/c11-6-8-4-2-1-3-7(8)5-10-9(12)13/h1-4,10-11H,5-6H2,(H,12,13). The third-order valence-electron chi connectivity index (χ3n) is 1.72. The van der Waals surface area contributed by atoms with Crippen molar-refractivity contribution in [2.24, 2.45) is 0 Å². The average molecular weight is 181 g/mol. The van der Waals surface area contributed by atoms with Crippen molar-refractivity contribution in [3.05, 3.63) is 35.4 Å².